The highest BCUT2D eigenvalue weighted by atomic mass is 79.9. The SMILES string of the molecule is CCCNC(C)c1ccc(-n2cc(Br)cn2)cc1. The Morgan fingerprint density at radius 1 is 1.33 bits per heavy atom. The van der Waals surface area contributed by atoms with E-state index in [1.165, 1.54) is 5.56 Å². The number of hydrogen-bond acceptors (Lipinski definition) is 2. The van der Waals surface area contributed by atoms with Crippen molar-refractivity contribution in [3.05, 3.63) is 46.7 Å². The molecule has 2 aromatic rings. The molecular formula is C14H18BrN3. The third-order valence-electron chi connectivity index (χ3n) is 2.91. The fourth-order valence-electron chi connectivity index (χ4n) is 1.84. The predicted molar refractivity (Wildman–Crippen MR) is 78.0 cm³/mol. The molecule has 1 aromatic carbocycles. The molecule has 0 amide bonds. The van der Waals surface area contributed by atoms with Crippen LogP contribution >= 0.6 is 15.9 Å². The van der Waals surface area contributed by atoms with E-state index in [1.54, 1.807) is 6.20 Å². The maximum atomic E-state index is 4.26. The summed E-state index contributed by atoms with van der Waals surface area (Å²) < 4.78 is 2.85. The van der Waals surface area contributed by atoms with Crippen LogP contribution in [-0.2, 0) is 0 Å². The molecule has 0 aliphatic rings. The van der Waals surface area contributed by atoms with Crippen molar-refractivity contribution in [1.29, 1.82) is 0 Å². The smallest absolute Gasteiger partial charge is 0.0646 e. The Morgan fingerprint density at radius 3 is 2.61 bits per heavy atom. The molecule has 18 heavy (non-hydrogen) atoms. The number of nitrogens with one attached hydrogen (secondary N) is 1. The summed E-state index contributed by atoms with van der Waals surface area (Å²) in [5.41, 5.74) is 2.38. The van der Waals surface area contributed by atoms with Crippen molar-refractivity contribution in [2.24, 2.45) is 0 Å². The van der Waals surface area contributed by atoms with Gasteiger partial charge in [0.25, 0.3) is 0 Å². The lowest BCUT2D eigenvalue weighted by Gasteiger charge is -2.14. The van der Waals surface area contributed by atoms with E-state index in [0.717, 1.165) is 23.1 Å². The van der Waals surface area contributed by atoms with Crippen molar-refractivity contribution < 1.29 is 0 Å². The zero-order valence-electron chi connectivity index (χ0n) is 10.7. The lowest BCUT2D eigenvalue weighted by molar-refractivity contribution is 0.570. The van der Waals surface area contributed by atoms with Crippen LogP contribution in [-0.4, -0.2) is 16.3 Å². The standard InChI is InChI=1S/C14H18BrN3/c1-3-8-16-11(2)12-4-6-14(7-5-12)18-10-13(15)9-17-18/h4-7,9-11,16H,3,8H2,1-2H3. The zero-order valence-corrected chi connectivity index (χ0v) is 12.3. The summed E-state index contributed by atoms with van der Waals surface area (Å²) in [6.45, 7) is 5.42. The van der Waals surface area contributed by atoms with E-state index < -0.39 is 0 Å². The third kappa shape index (κ3) is 3.21. The van der Waals surface area contributed by atoms with Gasteiger partial charge >= 0.3 is 0 Å². The maximum absolute atomic E-state index is 4.26. The molecular weight excluding hydrogens is 290 g/mol. The largest absolute Gasteiger partial charge is 0.310 e. The third-order valence-corrected chi connectivity index (χ3v) is 3.32. The number of hydrogen-bond donors (Lipinski definition) is 1. The summed E-state index contributed by atoms with van der Waals surface area (Å²) in [4.78, 5) is 0. The van der Waals surface area contributed by atoms with Crippen LogP contribution in [0.4, 0.5) is 0 Å². The van der Waals surface area contributed by atoms with E-state index in [9.17, 15) is 0 Å². The minimum atomic E-state index is 0.392. The summed E-state index contributed by atoms with van der Waals surface area (Å²) in [5.74, 6) is 0. The Hall–Kier alpha value is -1.13. The molecule has 0 saturated heterocycles. The molecule has 96 valence electrons. The Balaban J connectivity index is 2.10. The minimum absolute atomic E-state index is 0.392. The van der Waals surface area contributed by atoms with Gasteiger partial charge in [-0.1, -0.05) is 19.1 Å². The second-order valence-corrected chi connectivity index (χ2v) is 5.29. The van der Waals surface area contributed by atoms with Crippen LogP contribution in [0.1, 0.15) is 31.9 Å². The average Bonchev–Trinajstić information content (AvgIpc) is 2.83. The molecule has 0 saturated carbocycles. The van der Waals surface area contributed by atoms with E-state index in [2.05, 4.69) is 64.5 Å². The number of halogens is 1. The van der Waals surface area contributed by atoms with Crippen LogP contribution in [0.2, 0.25) is 0 Å². The summed E-state index contributed by atoms with van der Waals surface area (Å²) in [6.07, 6.45) is 4.90. The highest BCUT2D eigenvalue weighted by Gasteiger charge is 2.04. The van der Waals surface area contributed by atoms with Gasteiger partial charge in [0.2, 0.25) is 0 Å². The van der Waals surface area contributed by atoms with E-state index in [0.29, 0.717) is 6.04 Å². The van der Waals surface area contributed by atoms with Crippen LogP contribution in [0.15, 0.2) is 41.1 Å². The van der Waals surface area contributed by atoms with Crippen LogP contribution < -0.4 is 5.32 Å². The van der Waals surface area contributed by atoms with Gasteiger partial charge in [0.1, 0.15) is 0 Å². The van der Waals surface area contributed by atoms with Gasteiger partial charge in [0, 0.05) is 12.2 Å². The second-order valence-electron chi connectivity index (χ2n) is 4.37. The summed E-state index contributed by atoms with van der Waals surface area (Å²) in [6, 6.07) is 8.89. The first-order chi connectivity index (χ1) is 8.70. The molecule has 2 rings (SSSR count). The van der Waals surface area contributed by atoms with Crippen LogP contribution in [0, 0.1) is 0 Å². The second kappa shape index (κ2) is 6.16. The van der Waals surface area contributed by atoms with Gasteiger partial charge in [-0.05, 0) is 53.5 Å². The van der Waals surface area contributed by atoms with Crippen molar-refractivity contribution in [1.82, 2.24) is 15.1 Å². The summed E-state index contributed by atoms with van der Waals surface area (Å²) in [5, 5.41) is 7.75. The molecule has 0 spiro atoms. The van der Waals surface area contributed by atoms with Crippen LogP contribution in [0.5, 0.6) is 0 Å². The number of nitrogens with zero attached hydrogens (tertiary/aromatic N) is 2. The fraction of sp³-hybridized carbons (Fsp3) is 0.357. The van der Waals surface area contributed by atoms with Crippen molar-refractivity contribution >= 4 is 15.9 Å². The molecule has 0 fully saturated rings. The quantitative estimate of drug-likeness (QED) is 0.913. The lowest BCUT2D eigenvalue weighted by Crippen LogP contribution is -2.19. The van der Waals surface area contributed by atoms with E-state index in [4.69, 9.17) is 0 Å². The molecule has 0 aliphatic heterocycles. The Kier molecular flexibility index (Phi) is 4.55. The highest BCUT2D eigenvalue weighted by Crippen LogP contribution is 2.17. The first kappa shape index (κ1) is 13.3. The van der Waals surface area contributed by atoms with Gasteiger partial charge in [-0.2, -0.15) is 5.10 Å². The van der Waals surface area contributed by atoms with Crippen molar-refractivity contribution in [2.45, 2.75) is 26.3 Å². The topological polar surface area (TPSA) is 29.9 Å². The van der Waals surface area contributed by atoms with Crippen LogP contribution in [0.3, 0.4) is 0 Å². The molecule has 0 bridgehead atoms. The van der Waals surface area contributed by atoms with E-state index in [-0.39, 0.29) is 0 Å². The zero-order chi connectivity index (χ0) is 13.0. The molecule has 1 N–H and O–H groups in total. The summed E-state index contributed by atoms with van der Waals surface area (Å²) >= 11 is 3.40. The van der Waals surface area contributed by atoms with E-state index >= 15 is 0 Å². The number of aromatic nitrogens is 2. The lowest BCUT2D eigenvalue weighted by atomic mass is 10.1. The first-order valence-electron chi connectivity index (χ1n) is 6.24. The molecule has 1 heterocycles. The predicted octanol–water partition coefficient (Wildman–Crippen LogP) is 3.70. The van der Waals surface area contributed by atoms with Gasteiger partial charge in [-0.15, -0.1) is 0 Å². The Labute approximate surface area is 116 Å². The maximum Gasteiger partial charge on any atom is 0.0646 e. The van der Waals surface area contributed by atoms with Crippen molar-refractivity contribution in [3.8, 4) is 5.69 Å². The molecule has 1 unspecified atom stereocenters. The fourth-order valence-corrected chi connectivity index (χ4v) is 2.12. The summed E-state index contributed by atoms with van der Waals surface area (Å²) in [7, 11) is 0. The Bertz CT molecular complexity index is 490. The van der Waals surface area contributed by atoms with Gasteiger partial charge < -0.3 is 5.32 Å². The molecule has 4 heteroatoms. The Morgan fingerprint density at radius 2 is 2.06 bits per heavy atom. The van der Waals surface area contributed by atoms with Gasteiger partial charge in [0.15, 0.2) is 0 Å². The molecule has 1 atom stereocenters. The highest BCUT2D eigenvalue weighted by molar-refractivity contribution is 9.10. The molecule has 0 aliphatic carbocycles. The van der Waals surface area contributed by atoms with Gasteiger partial charge in [-0.25, -0.2) is 4.68 Å². The van der Waals surface area contributed by atoms with Crippen LogP contribution in [0.25, 0.3) is 5.69 Å². The number of rotatable bonds is 5. The van der Waals surface area contributed by atoms with Gasteiger partial charge in [0.05, 0.1) is 16.4 Å². The first-order valence-corrected chi connectivity index (χ1v) is 7.04. The van der Waals surface area contributed by atoms with E-state index in [1.807, 2.05) is 10.9 Å². The van der Waals surface area contributed by atoms with Crippen molar-refractivity contribution in [3.63, 3.8) is 0 Å². The molecule has 0 radical (unpaired) electrons. The normalized spacial score (nSPS) is 12.6. The minimum Gasteiger partial charge on any atom is -0.310 e. The monoisotopic (exact) mass is 307 g/mol. The molecule has 3 nitrogen and oxygen atoms in total. The average molecular weight is 308 g/mol. The molecule has 1 aromatic heterocycles. The van der Waals surface area contributed by atoms with Gasteiger partial charge in [-0.3, -0.25) is 0 Å². The van der Waals surface area contributed by atoms with Crippen molar-refractivity contribution in [2.75, 3.05) is 6.54 Å². The number of benzene rings is 1.